The van der Waals surface area contributed by atoms with E-state index in [0.717, 1.165) is 12.0 Å². The zero-order chi connectivity index (χ0) is 25.1. The van der Waals surface area contributed by atoms with E-state index < -0.39 is 11.6 Å². The monoisotopic (exact) mass is 468 g/mol. The van der Waals surface area contributed by atoms with Gasteiger partial charge in [0.1, 0.15) is 11.9 Å². The average Bonchev–Trinajstić information content (AvgIpc) is 2.81. The molecule has 0 spiro atoms. The quantitative estimate of drug-likeness (QED) is 0.495. The lowest BCUT2D eigenvalue weighted by atomic mass is 9.98. The fourth-order valence-corrected chi connectivity index (χ4v) is 3.31. The number of rotatable bonds is 12. The summed E-state index contributed by atoms with van der Waals surface area (Å²) in [6.07, 6.45) is 2.24. The lowest BCUT2D eigenvalue weighted by Gasteiger charge is -2.34. The van der Waals surface area contributed by atoms with E-state index in [9.17, 15) is 14.4 Å². The highest BCUT2D eigenvalue weighted by Crippen LogP contribution is 2.24. The number of hydrogen-bond acceptors (Lipinski definition) is 5. The SMILES string of the molecule is CCC(C)(C)NC(=O)[C@@H](c1ccc(C)cc1)N(CCOC)C(=O)CCC(=O)Nc1ccccn1. The Hall–Kier alpha value is -3.26. The first-order chi connectivity index (χ1) is 16.2. The molecule has 1 aromatic heterocycles. The Morgan fingerprint density at radius 3 is 2.38 bits per heavy atom. The van der Waals surface area contributed by atoms with Crippen LogP contribution in [0, 0.1) is 6.92 Å². The molecule has 8 heteroatoms. The molecule has 0 radical (unpaired) electrons. The minimum Gasteiger partial charge on any atom is -0.383 e. The van der Waals surface area contributed by atoms with Crippen LogP contribution in [-0.2, 0) is 19.1 Å². The van der Waals surface area contributed by atoms with Crippen molar-refractivity contribution in [2.24, 2.45) is 0 Å². The van der Waals surface area contributed by atoms with Gasteiger partial charge in [-0.3, -0.25) is 14.4 Å². The molecule has 184 valence electrons. The highest BCUT2D eigenvalue weighted by atomic mass is 16.5. The molecule has 2 aromatic rings. The molecule has 2 rings (SSSR count). The minimum absolute atomic E-state index is 0.0262. The Morgan fingerprint density at radius 2 is 1.79 bits per heavy atom. The van der Waals surface area contributed by atoms with E-state index in [1.807, 2.05) is 52.0 Å². The van der Waals surface area contributed by atoms with Crippen molar-refractivity contribution >= 4 is 23.5 Å². The molecule has 0 bridgehead atoms. The van der Waals surface area contributed by atoms with Crippen molar-refractivity contribution < 1.29 is 19.1 Å². The van der Waals surface area contributed by atoms with Gasteiger partial charge in [-0.2, -0.15) is 0 Å². The molecule has 34 heavy (non-hydrogen) atoms. The van der Waals surface area contributed by atoms with Gasteiger partial charge in [0.25, 0.3) is 0 Å². The molecule has 1 atom stereocenters. The van der Waals surface area contributed by atoms with Gasteiger partial charge in [-0.05, 0) is 44.9 Å². The molecule has 3 amide bonds. The van der Waals surface area contributed by atoms with Crippen molar-refractivity contribution in [3.63, 3.8) is 0 Å². The third-order valence-corrected chi connectivity index (χ3v) is 5.65. The van der Waals surface area contributed by atoms with Crippen molar-refractivity contribution in [1.29, 1.82) is 0 Å². The molecule has 0 aliphatic carbocycles. The lowest BCUT2D eigenvalue weighted by molar-refractivity contribution is -0.142. The number of carbonyl (C=O) groups excluding carboxylic acids is 3. The Labute approximate surface area is 202 Å². The molecule has 8 nitrogen and oxygen atoms in total. The zero-order valence-electron chi connectivity index (χ0n) is 20.8. The Balaban J connectivity index is 2.25. The third-order valence-electron chi connectivity index (χ3n) is 5.65. The van der Waals surface area contributed by atoms with Gasteiger partial charge in [0.15, 0.2) is 0 Å². The van der Waals surface area contributed by atoms with Crippen molar-refractivity contribution in [3.05, 3.63) is 59.8 Å². The van der Waals surface area contributed by atoms with E-state index in [1.165, 1.54) is 4.90 Å². The van der Waals surface area contributed by atoms with Gasteiger partial charge in [-0.15, -0.1) is 0 Å². The standard InChI is InChI=1S/C26H36N4O4/c1-6-26(3,4)29-25(33)24(20-12-10-19(2)11-13-20)30(17-18-34-5)23(32)15-14-22(31)28-21-9-7-8-16-27-21/h7-13,16,24H,6,14-15,17-18H2,1-5H3,(H,29,33)(H,27,28,31)/t24-/m1/s1. The van der Waals surface area contributed by atoms with Crippen LogP contribution in [0.4, 0.5) is 5.82 Å². The fraction of sp³-hybridized carbons (Fsp3) is 0.462. The Bertz CT molecular complexity index is 945. The van der Waals surface area contributed by atoms with E-state index in [2.05, 4.69) is 15.6 Å². The van der Waals surface area contributed by atoms with E-state index >= 15 is 0 Å². The molecule has 0 unspecified atom stereocenters. The van der Waals surface area contributed by atoms with Crippen LogP contribution in [0.15, 0.2) is 48.7 Å². The number of pyridine rings is 1. The van der Waals surface area contributed by atoms with Crippen molar-refractivity contribution in [3.8, 4) is 0 Å². The summed E-state index contributed by atoms with van der Waals surface area (Å²) in [5.41, 5.74) is 1.33. The minimum atomic E-state index is -0.840. The number of hydrogen-bond donors (Lipinski definition) is 2. The second-order valence-electron chi connectivity index (χ2n) is 8.88. The average molecular weight is 469 g/mol. The van der Waals surface area contributed by atoms with Crippen molar-refractivity contribution in [2.45, 2.75) is 58.5 Å². The van der Waals surface area contributed by atoms with Gasteiger partial charge < -0.3 is 20.3 Å². The number of carbonyl (C=O) groups is 3. The number of nitrogens with one attached hydrogen (secondary N) is 2. The van der Waals surface area contributed by atoms with Crippen molar-refractivity contribution in [2.75, 3.05) is 25.6 Å². The molecule has 0 saturated heterocycles. The molecule has 0 saturated carbocycles. The van der Waals surface area contributed by atoms with Crippen LogP contribution in [0.3, 0.4) is 0 Å². The van der Waals surface area contributed by atoms with E-state index in [0.29, 0.717) is 11.4 Å². The van der Waals surface area contributed by atoms with Gasteiger partial charge >= 0.3 is 0 Å². The first kappa shape index (κ1) is 27.0. The summed E-state index contributed by atoms with van der Waals surface area (Å²) in [6, 6.07) is 11.9. The summed E-state index contributed by atoms with van der Waals surface area (Å²) in [5, 5.41) is 5.75. The van der Waals surface area contributed by atoms with Crippen molar-refractivity contribution in [1.82, 2.24) is 15.2 Å². The maximum absolute atomic E-state index is 13.5. The van der Waals surface area contributed by atoms with E-state index in [-0.39, 0.29) is 43.7 Å². The second kappa shape index (κ2) is 12.8. The van der Waals surface area contributed by atoms with Crippen LogP contribution in [0.25, 0.3) is 0 Å². The maximum Gasteiger partial charge on any atom is 0.247 e. The normalized spacial score (nSPS) is 12.0. The second-order valence-corrected chi connectivity index (χ2v) is 8.88. The Kier molecular flexibility index (Phi) is 10.2. The highest BCUT2D eigenvalue weighted by molar-refractivity contribution is 5.94. The molecule has 0 fully saturated rings. The molecular weight excluding hydrogens is 432 g/mol. The summed E-state index contributed by atoms with van der Waals surface area (Å²) in [4.78, 5) is 44.7. The number of aromatic nitrogens is 1. The third kappa shape index (κ3) is 8.26. The molecule has 1 aromatic carbocycles. The Morgan fingerprint density at radius 1 is 1.09 bits per heavy atom. The summed E-state index contributed by atoms with van der Waals surface area (Å²) >= 11 is 0. The topological polar surface area (TPSA) is 101 Å². The molecule has 0 aliphatic heterocycles. The largest absolute Gasteiger partial charge is 0.383 e. The van der Waals surface area contributed by atoms with Crippen LogP contribution >= 0.6 is 0 Å². The summed E-state index contributed by atoms with van der Waals surface area (Å²) in [6.45, 7) is 8.33. The number of aryl methyl sites for hydroxylation is 1. The first-order valence-electron chi connectivity index (χ1n) is 11.5. The number of nitrogens with zero attached hydrogens (tertiary/aromatic N) is 2. The molecule has 2 N–H and O–H groups in total. The smallest absolute Gasteiger partial charge is 0.247 e. The zero-order valence-corrected chi connectivity index (χ0v) is 20.8. The van der Waals surface area contributed by atoms with Crippen LogP contribution in [0.1, 0.15) is 57.2 Å². The lowest BCUT2D eigenvalue weighted by Crippen LogP contribution is -2.51. The predicted octanol–water partition coefficient (Wildman–Crippen LogP) is 3.63. The summed E-state index contributed by atoms with van der Waals surface area (Å²) < 4.78 is 5.22. The molecule has 0 aliphatic rings. The van der Waals surface area contributed by atoms with Crippen LogP contribution in [0.5, 0.6) is 0 Å². The number of benzene rings is 1. The number of methoxy groups -OCH3 is 1. The number of amides is 3. The summed E-state index contributed by atoms with van der Waals surface area (Å²) in [5.74, 6) is -0.460. The van der Waals surface area contributed by atoms with Gasteiger partial charge in [0.2, 0.25) is 17.7 Å². The van der Waals surface area contributed by atoms with E-state index in [4.69, 9.17) is 4.74 Å². The number of anilines is 1. The summed E-state index contributed by atoms with van der Waals surface area (Å²) in [7, 11) is 1.55. The fourth-order valence-electron chi connectivity index (χ4n) is 3.31. The van der Waals surface area contributed by atoms with Gasteiger partial charge in [0, 0.05) is 38.2 Å². The van der Waals surface area contributed by atoms with Gasteiger partial charge in [-0.1, -0.05) is 42.8 Å². The highest BCUT2D eigenvalue weighted by Gasteiger charge is 2.33. The maximum atomic E-state index is 13.5. The van der Waals surface area contributed by atoms with Crippen LogP contribution in [0.2, 0.25) is 0 Å². The van der Waals surface area contributed by atoms with Crippen LogP contribution < -0.4 is 10.6 Å². The first-order valence-corrected chi connectivity index (χ1v) is 11.5. The number of ether oxygens (including phenoxy) is 1. The van der Waals surface area contributed by atoms with E-state index in [1.54, 1.807) is 31.5 Å². The molecule has 1 heterocycles. The molecular formula is C26H36N4O4. The van der Waals surface area contributed by atoms with Crippen LogP contribution in [-0.4, -0.2) is 53.4 Å². The van der Waals surface area contributed by atoms with Gasteiger partial charge in [-0.25, -0.2) is 4.98 Å². The predicted molar refractivity (Wildman–Crippen MR) is 132 cm³/mol. The van der Waals surface area contributed by atoms with Gasteiger partial charge in [0.05, 0.1) is 6.61 Å².